The molecule has 2 aromatic carbocycles. The number of phenolic OH excluding ortho intramolecular Hbond substituents is 1. The van der Waals surface area contributed by atoms with Gasteiger partial charge in [-0.05, 0) is 55.1 Å². The number of hydrogen-bond acceptors (Lipinski definition) is 3. The van der Waals surface area contributed by atoms with Crippen molar-refractivity contribution in [2.24, 2.45) is 5.10 Å². The first-order chi connectivity index (χ1) is 9.16. The Morgan fingerprint density at radius 2 is 1.74 bits per heavy atom. The van der Waals surface area contributed by atoms with E-state index < -0.39 is 0 Å². The molecule has 0 saturated heterocycles. The Morgan fingerprint density at radius 3 is 2.37 bits per heavy atom. The summed E-state index contributed by atoms with van der Waals surface area (Å²) in [4.78, 5) is 0. The Labute approximate surface area is 128 Å². The predicted molar refractivity (Wildman–Crippen MR) is 84.4 cm³/mol. The zero-order valence-electron chi connectivity index (χ0n) is 9.98. The van der Waals surface area contributed by atoms with Gasteiger partial charge >= 0.3 is 0 Å². The lowest BCUT2D eigenvalue weighted by molar-refractivity contribution is 0.468. The topological polar surface area (TPSA) is 44.6 Å². The average Bonchev–Trinajstić information content (AvgIpc) is 2.42. The van der Waals surface area contributed by atoms with Crippen molar-refractivity contribution < 1.29 is 5.11 Å². The summed E-state index contributed by atoms with van der Waals surface area (Å²) in [6.07, 6.45) is 1.71. The summed E-state index contributed by atoms with van der Waals surface area (Å²) in [5.74, 6) is 0.189. The zero-order chi connectivity index (χ0) is 13.7. The van der Waals surface area contributed by atoms with Crippen LogP contribution in [0.25, 0.3) is 0 Å². The quantitative estimate of drug-likeness (QED) is 0.618. The first-order valence-corrected chi connectivity index (χ1v) is 7.23. The molecule has 0 bridgehead atoms. The van der Waals surface area contributed by atoms with Crippen LogP contribution < -0.4 is 5.43 Å². The molecule has 0 heterocycles. The second-order valence-electron chi connectivity index (χ2n) is 3.91. The molecule has 0 fully saturated rings. The number of rotatable bonds is 4. The molecule has 0 amide bonds. The lowest BCUT2D eigenvalue weighted by Gasteiger charge is -2.03. The van der Waals surface area contributed by atoms with Gasteiger partial charge in [0.25, 0.3) is 0 Å². The Morgan fingerprint density at radius 1 is 1.11 bits per heavy atom. The monoisotopic (exact) mass is 382 g/mol. The molecule has 0 aromatic heterocycles. The van der Waals surface area contributed by atoms with Crippen LogP contribution in [-0.2, 0) is 6.54 Å². The smallest absolute Gasteiger partial charge is 0.143 e. The van der Waals surface area contributed by atoms with Crippen LogP contribution >= 0.6 is 31.9 Å². The van der Waals surface area contributed by atoms with E-state index in [9.17, 15) is 5.11 Å². The van der Waals surface area contributed by atoms with Gasteiger partial charge in [0.1, 0.15) is 5.75 Å². The van der Waals surface area contributed by atoms with Crippen LogP contribution in [0.15, 0.2) is 56.5 Å². The van der Waals surface area contributed by atoms with Gasteiger partial charge in [-0.3, -0.25) is 0 Å². The lowest BCUT2D eigenvalue weighted by atomic mass is 10.2. The number of halogens is 2. The van der Waals surface area contributed by atoms with E-state index in [4.69, 9.17) is 0 Å². The highest BCUT2D eigenvalue weighted by Crippen LogP contribution is 2.32. The molecular formula is C14H12Br2N2O. The standard InChI is InChI=1S/C14H12Br2N2O/c15-12-6-11(7-13(16)14(12)19)9-18-17-8-10-4-2-1-3-5-10/h1-7,9,17,19H,8H2. The van der Waals surface area contributed by atoms with Crippen molar-refractivity contribution in [2.75, 3.05) is 0 Å². The third kappa shape index (κ3) is 4.08. The van der Waals surface area contributed by atoms with Gasteiger partial charge in [0.2, 0.25) is 0 Å². The fourth-order valence-corrected chi connectivity index (χ4v) is 2.73. The second-order valence-corrected chi connectivity index (χ2v) is 5.62. The molecule has 0 aliphatic carbocycles. The van der Waals surface area contributed by atoms with E-state index in [-0.39, 0.29) is 5.75 Å². The van der Waals surface area contributed by atoms with Gasteiger partial charge in [0.15, 0.2) is 0 Å². The van der Waals surface area contributed by atoms with Crippen molar-refractivity contribution >= 4 is 38.1 Å². The fourth-order valence-electron chi connectivity index (χ4n) is 1.51. The van der Waals surface area contributed by atoms with Gasteiger partial charge in [0, 0.05) is 0 Å². The molecule has 2 N–H and O–H groups in total. The second kappa shape index (κ2) is 6.73. The molecule has 2 rings (SSSR count). The van der Waals surface area contributed by atoms with Gasteiger partial charge < -0.3 is 10.5 Å². The van der Waals surface area contributed by atoms with Crippen LogP contribution in [0.4, 0.5) is 0 Å². The number of hydrazone groups is 1. The maximum absolute atomic E-state index is 9.60. The van der Waals surface area contributed by atoms with Gasteiger partial charge in [-0.2, -0.15) is 5.10 Å². The summed E-state index contributed by atoms with van der Waals surface area (Å²) in [5.41, 5.74) is 5.04. The first-order valence-electron chi connectivity index (χ1n) is 5.64. The molecule has 0 saturated carbocycles. The van der Waals surface area contributed by atoms with Gasteiger partial charge in [-0.25, -0.2) is 0 Å². The van der Waals surface area contributed by atoms with Crippen LogP contribution in [0, 0.1) is 0 Å². The molecule has 0 unspecified atom stereocenters. The molecule has 2 aromatic rings. The SMILES string of the molecule is Oc1c(Br)cc(C=NNCc2ccccc2)cc1Br. The molecular weight excluding hydrogens is 372 g/mol. The van der Waals surface area contributed by atoms with E-state index in [1.54, 1.807) is 18.3 Å². The van der Waals surface area contributed by atoms with Crippen molar-refractivity contribution in [3.8, 4) is 5.75 Å². The van der Waals surface area contributed by atoms with E-state index in [0.29, 0.717) is 15.5 Å². The molecule has 0 spiro atoms. The number of benzene rings is 2. The molecule has 98 valence electrons. The van der Waals surface area contributed by atoms with Crippen molar-refractivity contribution in [1.82, 2.24) is 5.43 Å². The fraction of sp³-hybridized carbons (Fsp3) is 0.0714. The normalized spacial score (nSPS) is 10.8. The summed E-state index contributed by atoms with van der Waals surface area (Å²) in [7, 11) is 0. The highest BCUT2D eigenvalue weighted by molar-refractivity contribution is 9.11. The molecule has 5 heteroatoms. The lowest BCUT2D eigenvalue weighted by Crippen LogP contribution is -2.05. The number of nitrogens with one attached hydrogen (secondary N) is 1. The highest BCUT2D eigenvalue weighted by atomic mass is 79.9. The van der Waals surface area contributed by atoms with Gasteiger partial charge in [-0.15, -0.1) is 0 Å². The first kappa shape index (κ1) is 14.1. The summed E-state index contributed by atoms with van der Waals surface area (Å²) in [6, 6.07) is 13.6. The predicted octanol–water partition coefficient (Wildman–Crippen LogP) is 4.04. The molecule has 0 atom stereocenters. The Bertz CT molecular complexity index is 562. The van der Waals surface area contributed by atoms with Crippen molar-refractivity contribution in [1.29, 1.82) is 0 Å². The number of nitrogens with zero attached hydrogens (tertiary/aromatic N) is 1. The minimum absolute atomic E-state index is 0.189. The van der Waals surface area contributed by atoms with Crippen molar-refractivity contribution in [3.63, 3.8) is 0 Å². The van der Waals surface area contributed by atoms with Crippen LogP contribution in [0.2, 0.25) is 0 Å². The van der Waals surface area contributed by atoms with Gasteiger partial charge in [-0.1, -0.05) is 30.3 Å². The van der Waals surface area contributed by atoms with E-state index in [1.165, 1.54) is 5.56 Å². The van der Waals surface area contributed by atoms with Crippen molar-refractivity contribution in [3.05, 3.63) is 62.5 Å². The average molecular weight is 384 g/mol. The van der Waals surface area contributed by atoms with Gasteiger partial charge in [0.05, 0.1) is 21.7 Å². The molecule has 3 nitrogen and oxygen atoms in total. The highest BCUT2D eigenvalue weighted by Gasteiger charge is 2.04. The van der Waals surface area contributed by atoms with E-state index in [2.05, 4.69) is 42.4 Å². The minimum Gasteiger partial charge on any atom is -0.506 e. The van der Waals surface area contributed by atoms with E-state index >= 15 is 0 Å². The van der Waals surface area contributed by atoms with E-state index in [0.717, 1.165) is 5.56 Å². The number of hydrogen-bond donors (Lipinski definition) is 2. The molecule has 19 heavy (non-hydrogen) atoms. The molecule has 0 radical (unpaired) electrons. The Balaban J connectivity index is 1.96. The van der Waals surface area contributed by atoms with Crippen LogP contribution in [-0.4, -0.2) is 11.3 Å². The third-order valence-electron chi connectivity index (χ3n) is 2.47. The van der Waals surface area contributed by atoms with Crippen molar-refractivity contribution in [2.45, 2.75) is 6.54 Å². The number of aromatic hydroxyl groups is 1. The summed E-state index contributed by atoms with van der Waals surface area (Å²) < 4.78 is 1.26. The Kier molecular flexibility index (Phi) is 4.99. The summed E-state index contributed by atoms with van der Waals surface area (Å²) >= 11 is 6.56. The largest absolute Gasteiger partial charge is 0.506 e. The summed E-state index contributed by atoms with van der Waals surface area (Å²) in [6.45, 7) is 0.678. The van der Waals surface area contributed by atoms with E-state index in [1.807, 2.05) is 30.3 Å². The Hall–Kier alpha value is -1.33. The van der Waals surface area contributed by atoms with Crippen LogP contribution in [0.5, 0.6) is 5.75 Å². The molecule has 0 aliphatic rings. The third-order valence-corrected chi connectivity index (χ3v) is 3.68. The maximum atomic E-state index is 9.60. The maximum Gasteiger partial charge on any atom is 0.143 e. The van der Waals surface area contributed by atoms with Crippen LogP contribution in [0.3, 0.4) is 0 Å². The summed E-state index contributed by atoms with van der Waals surface area (Å²) in [5, 5.41) is 13.7. The number of phenols is 1. The zero-order valence-corrected chi connectivity index (χ0v) is 13.1. The van der Waals surface area contributed by atoms with Crippen LogP contribution in [0.1, 0.15) is 11.1 Å². The molecule has 0 aliphatic heterocycles. The minimum atomic E-state index is 0.189.